The van der Waals surface area contributed by atoms with Gasteiger partial charge in [-0.15, -0.1) is 0 Å². The van der Waals surface area contributed by atoms with E-state index < -0.39 is 34.2 Å². The Morgan fingerprint density at radius 1 is 1.20 bits per heavy atom. The molecule has 0 spiro atoms. The maximum absolute atomic E-state index is 12.1. The lowest BCUT2D eigenvalue weighted by Gasteiger charge is -2.35. The summed E-state index contributed by atoms with van der Waals surface area (Å²) < 4.78 is 10.6. The Balaban J connectivity index is 3.13. The zero-order chi connectivity index (χ0) is 19.4. The minimum Gasteiger partial charge on any atom is -0.477 e. The van der Waals surface area contributed by atoms with Gasteiger partial charge in [0.2, 0.25) is 0 Å². The quantitative estimate of drug-likeness (QED) is 0.456. The zero-order valence-electron chi connectivity index (χ0n) is 14.7. The second kappa shape index (κ2) is 7.37. The van der Waals surface area contributed by atoms with Crippen molar-refractivity contribution < 1.29 is 29.1 Å². The van der Waals surface area contributed by atoms with Crippen molar-refractivity contribution in [2.24, 2.45) is 5.92 Å². The Morgan fingerprint density at radius 2 is 1.72 bits per heavy atom. The number of rotatable bonds is 6. The fourth-order valence-corrected chi connectivity index (χ4v) is 1.91. The molecular weight excluding hydrogens is 332 g/mol. The highest BCUT2D eigenvalue weighted by molar-refractivity contribution is 5.83. The number of nitro groups is 1. The minimum atomic E-state index is -2.10. The van der Waals surface area contributed by atoms with Gasteiger partial charge in [-0.2, -0.15) is 0 Å². The van der Waals surface area contributed by atoms with Gasteiger partial charge in [0.15, 0.2) is 0 Å². The molecule has 1 rings (SSSR count). The van der Waals surface area contributed by atoms with E-state index in [4.69, 9.17) is 9.47 Å². The Morgan fingerprint density at radius 3 is 2.08 bits per heavy atom. The number of benzene rings is 1. The number of amides is 1. The van der Waals surface area contributed by atoms with Gasteiger partial charge in [-0.3, -0.25) is 15.4 Å². The van der Waals surface area contributed by atoms with E-state index in [9.17, 15) is 24.8 Å². The number of carboxylic acids is 1. The molecule has 0 heterocycles. The summed E-state index contributed by atoms with van der Waals surface area (Å²) in [5.41, 5.74) is -3.09. The van der Waals surface area contributed by atoms with Gasteiger partial charge in [0.05, 0.1) is 4.92 Å². The third kappa shape index (κ3) is 5.33. The highest BCUT2D eigenvalue weighted by Crippen LogP contribution is 2.26. The molecule has 1 aromatic carbocycles. The van der Waals surface area contributed by atoms with E-state index in [1.54, 1.807) is 34.6 Å². The van der Waals surface area contributed by atoms with Gasteiger partial charge in [-0.25, -0.2) is 9.59 Å². The van der Waals surface area contributed by atoms with Crippen LogP contribution in [0, 0.1) is 16.0 Å². The van der Waals surface area contributed by atoms with Crippen molar-refractivity contribution in [3.05, 3.63) is 34.4 Å². The average molecular weight is 354 g/mol. The number of carbonyl (C=O) groups is 2. The lowest BCUT2D eigenvalue weighted by molar-refractivity contribution is -0.384. The summed E-state index contributed by atoms with van der Waals surface area (Å²) in [5.74, 6) is -2.04. The fraction of sp³-hybridized carbons (Fsp3) is 0.500. The fourth-order valence-electron chi connectivity index (χ4n) is 1.91. The average Bonchev–Trinajstić information content (AvgIpc) is 2.44. The molecule has 0 aliphatic carbocycles. The lowest BCUT2D eigenvalue weighted by Crippen LogP contribution is -2.62. The number of carbonyl (C=O) groups excluding carboxylic acids is 1. The number of alkyl carbamates (subject to hydrolysis) is 1. The number of non-ortho nitro benzene ring substituents is 1. The van der Waals surface area contributed by atoms with Crippen LogP contribution >= 0.6 is 0 Å². The normalized spacial score (nSPS) is 13.7. The van der Waals surface area contributed by atoms with Crippen molar-refractivity contribution in [1.29, 1.82) is 0 Å². The van der Waals surface area contributed by atoms with Crippen molar-refractivity contribution >= 4 is 17.7 Å². The smallest absolute Gasteiger partial charge is 0.411 e. The van der Waals surface area contributed by atoms with Crippen LogP contribution in [0.3, 0.4) is 0 Å². The molecule has 9 heteroatoms. The van der Waals surface area contributed by atoms with Crippen LogP contribution in [0.2, 0.25) is 0 Å². The van der Waals surface area contributed by atoms with Gasteiger partial charge in [0, 0.05) is 18.1 Å². The standard InChI is InChI=1S/C16H22N2O7/c1-10(2)16(13(19)20,17-14(21)25-15(3,4)5)24-12-8-6-11(7-9-12)18(22)23/h6-10H,1-5H3,(H,17,21)(H,19,20)/t16-/m0/s1. The zero-order valence-corrected chi connectivity index (χ0v) is 14.7. The van der Waals surface area contributed by atoms with E-state index in [0.717, 1.165) is 0 Å². The number of carboxylic acid groups (broad SMARTS) is 1. The van der Waals surface area contributed by atoms with Crippen LogP contribution < -0.4 is 10.1 Å². The molecule has 9 nitrogen and oxygen atoms in total. The van der Waals surface area contributed by atoms with Gasteiger partial charge in [-0.05, 0) is 32.9 Å². The second-order valence-electron chi connectivity index (χ2n) is 6.68. The Kier molecular flexibility index (Phi) is 5.96. The SMILES string of the molecule is CC(C)[C@](NC(=O)OC(C)(C)C)(Oc1ccc([N+](=O)[O-])cc1)C(=O)O. The van der Waals surface area contributed by atoms with Crippen LogP contribution in [0.5, 0.6) is 5.75 Å². The first-order valence-corrected chi connectivity index (χ1v) is 7.55. The first-order valence-electron chi connectivity index (χ1n) is 7.55. The van der Waals surface area contributed by atoms with Crippen LogP contribution in [0.4, 0.5) is 10.5 Å². The van der Waals surface area contributed by atoms with E-state index >= 15 is 0 Å². The van der Waals surface area contributed by atoms with Crippen LogP contribution in [0.25, 0.3) is 0 Å². The maximum atomic E-state index is 12.1. The van der Waals surface area contributed by atoms with Crippen LogP contribution in [0.15, 0.2) is 24.3 Å². The lowest BCUT2D eigenvalue weighted by atomic mass is 9.99. The predicted molar refractivity (Wildman–Crippen MR) is 88.3 cm³/mol. The van der Waals surface area contributed by atoms with Gasteiger partial charge < -0.3 is 14.6 Å². The topological polar surface area (TPSA) is 128 Å². The molecule has 0 saturated heterocycles. The summed E-state index contributed by atoms with van der Waals surface area (Å²) in [4.78, 5) is 34.0. The van der Waals surface area contributed by atoms with Gasteiger partial charge in [0.25, 0.3) is 11.4 Å². The molecule has 0 bridgehead atoms. The minimum absolute atomic E-state index is 0.0535. The number of hydrogen-bond acceptors (Lipinski definition) is 6. The molecule has 1 aromatic rings. The summed E-state index contributed by atoms with van der Waals surface area (Å²) in [6, 6.07) is 4.87. The number of nitrogens with one attached hydrogen (secondary N) is 1. The third-order valence-corrected chi connectivity index (χ3v) is 3.14. The second-order valence-corrected chi connectivity index (χ2v) is 6.68. The molecule has 138 valence electrons. The van der Waals surface area contributed by atoms with E-state index in [0.29, 0.717) is 0 Å². The monoisotopic (exact) mass is 354 g/mol. The van der Waals surface area contributed by atoms with Crippen molar-refractivity contribution in [3.63, 3.8) is 0 Å². The Hall–Kier alpha value is -2.84. The molecule has 0 aliphatic rings. The molecule has 2 N–H and O–H groups in total. The van der Waals surface area contributed by atoms with E-state index in [-0.39, 0.29) is 11.4 Å². The predicted octanol–water partition coefficient (Wildman–Crippen LogP) is 2.94. The summed E-state index contributed by atoms with van der Waals surface area (Å²) in [6.45, 7) is 8.03. The van der Waals surface area contributed by atoms with Crippen molar-refractivity contribution in [1.82, 2.24) is 5.32 Å². The van der Waals surface area contributed by atoms with Crippen molar-refractivity contribution in [2.45, 2.75) is 45.9 Å². The molecule has 0 saturated carbocycles. The van der Waals surface area contributed by atoms with Gasteiger partial charge in [0.1, 0.15) is 11.4 Å². The first-order chi connectivity index (χ1) is 11.4. The maximum Gasteiger partial charge on any atom is 0.411 e. The van der Waals surface area contributed by atoms with Gasteiger partial charge >= 0.3 is 12.1 Å². The van der Waals surface area contributed by atoms with Crippen LogP contribution in [-0.2, 0) is 9.53 Å². The van der Waals surface area contributed by atoms with Crippen LogP contribution in [0.1, 0.15) is 34.6 Å². The van der Waals surface area contributed by atoms with Crippen molar-refractivity contribution in [3.8, 4) is 5.75 Å². The molecule has 0 aromatic heterocycles. The molecule has 1 amide bonds. The molecule has 0 radical (unpaired) electrons. The Labute approximate surface area is 145 Å². The number of hydrogen-bond donors (Lipinski definition) is 2. The molecule has 0 unspecified atom stereocenters. The number of ether oxygens (including phenoxy) is 2. The number of aliphatic carboxylic acids is 1. The van der Waals surface area contributed by atoms with E-state index in [1.807, 2.05) is 0 Å². The van der Waals surface area contributed by atoms with Crippen molar-refractivity contribution in [2.75, 3.05) is 0 Å². The van der Waals surface area contributed by atoms with Gasteiger partial charge in [-0.1, -0.05) is 13.8 Å². The summed E-state index contributed by atoms with van der Waals surface area (Å²) in [5, 5.41) is 22.6. The molecule has 1 atom stereocenters. The summed E-state index contributed by atoms with van der Waals surface area (Å²) in [7, 11) is 0. The largest absolute Gasteiger partial charge is 0.477 e. The highest BCUT2D eigenvalue weighted by Gasteiger charge is 2.47. The van der Waals surface area contributed by atoms with Crippen LogP contribution in [-0.4, -0.2) is 33.4 Å². The molecule has 0 aliphatic heterocycles. The third-order valence-electron chi connectivity index (χ3n) is 3.14. The molecule has 0 fully saturated rings. The Bertz CT molecular complexity index is 649. The molecular formula is C16H22N2O7. The number of nitrogens with zero attached hydrogens (tertiary/aromatic N) is 1. The summed E-state index contributed by atoms with van der Waals surface area (Å²) in [6.07, 6.45) is -0.953. The molecule has 25 heavy (non-hydrogen) atoms. The highest BCUT2D eigenvalue weighted by atomic mass is 16.6. The summed E-state index contributed by atoms with van der Waals surface area (Å²) >= 11 is 0. The van der Waals surface area contributed by atoms with E-state index in [1.165, 1.54) is 24.3 Å². The first kappa shape index (κ1) is 20.2. The van der Waals surface area contributed by atoms with E-state index in [2.05, 4.69) is 5.32 Å². The number of nitro benzene ring substituents is 1.